The molecule has 0 atom stereocenters. The van der Waals surface area contributed by atoms with E-state index in [-0.39, 0.29) is 57.9 Å². The van der Waals surface area contributed by atoms with Crippen molar-refractivity contribution >= 4 is 11.0 Å². The van der Waals surface area contributed by atoms with E-state index in [9.17, 15) is 30.3 Å². The number of phenols is 4. The van der Waals surface area contributed by atoms with Gasteiger partial charge in [-0.1, -0.05) is 0 Å². The van der Waals surface area contributed by atoms with Crippen LogP contribution in [0.5, 0.6) is 23.0 Å². The van der Waals surface area contributed by atoms with Crippen LogP contribution in [0, 0.1) is 0 Å². The van der Waals surface area contributed by atoms with Gasteiger partial charge in [-0.25, -0.2) is 0 Å². The number of aliphatic hydroxyl groups is 1. The normalized spacial score (nSPS) is 11.8. The Hall–Kier alpha value is -3.19. The topological polar surface area (TPSA) is 131 Å². The predicted molar refractivity (Wildman–Crippen MR) is 99.2 cm³/mol. The highest BCUT2D eigenvalue weighted by Gasteiger charge is 2.23. The highest BCUT2D eigenvalue weighted by atomic mass is 16.3. The first-order valence-electron chi connectivity index (χ1n) is 8.33. The summed E-state index contributed by atoms with van der Waals surface area (Å²) >= 11 is 0. The molecule has 0 spiro atoms. The predicted octanol–water partition coefficient (Wildman–Crippen LogP) is 2.99. The molecule has 0 saturated carbocycles. The Morgan fingerprint density at radius 2 is 1.63 bits per heavy atom. The van der Waals surface area contributed by atoms with Crippen LogP contribution >= 0.6 is 0 Å². The molecule has 142 valence electrons. The fraction of sp³-hybridized carbons (Fsp3) is 0.250. The average molecular weight is 372 g/mol. The van der Waals surface area contributed by atoms with Gasteiger partial charge in [0.25, 0.3) is 0 Å². The molecule has 7 nitrogen and oxygen atoms in total. The van der Waals surface area contributed by atoms with Gasteiger partial charge in [0.1, 0.15) is 39.7 Å². The molecule has 0 amide bonds. The summed E-state index contributed by atoms with van der Waals surface area (Å²) in [5.74, 6) is -1.13. The maximum absolute atomic E-state index is 13.0. The summed E-state index contributed by atoms with van der Waals surface area (Å²) in [6, 6.07) is 6.07. The van der Waals surface area contributed by atoms with Gasteiger partial charge in [0.15, 0.2) is 5.43 Å². The Kier molecular flexibility index (Phi) is 4.49. The molecule has 3 rings (SSSR count). The van der Waals surface area contributed by atoms with E-state index in [4.69, 9.17) is 4.42 Å². The number of rotatable bonds is 4. The number of phenolic OH excluding ortho intramolecular Hbond substituents is 4. The van der Waals surface area contributed by atoms with Crippen LogP contribution in [-0.2, 0) is 6.42 Å². The smallest absolute Gasteiger partial charge is 0.200 e. The Bertz CT molecular complexity index is 1070. The van der Waals surface area contributed by atoms with Crippen molar-refractivity contribution in [1.29, 1.82) is 0 Å². The number of benzene rings is 2. The maximum atomic E-state index is 13.0. The van der Waals surface area contributed by atoms with E-state index in [2.05, 4.69) is 0 Å². The number of fused-ring (bicyclic) bond motifs is 1. The summed E-state index contributed by atoms with van der Waals surface area (Å²) in [5, 5.41) is 49.4. The number of hydrogen-bond acceptors (Lipinski definition) is 7. The van der Waals surface area contributed by atoms with Crippen molar-refractivity contribution in [3.63, 3.8) is 0 Å². The molecule has 5 N–H and O–H groups in total. The zero-order valence-corrected chi connectivity index (χ0v) is 14.9. The molecule has 0 fully saturated rings. The van der Waals surface area contributed by atoms with Crippen molar-refractivity contribution in [2.45, 2.75) is 32.3 Å². The zero-order chi connectivity index (χ0) is 19.9. The molecule has 1 heterocycles. The third-order valence-electron chi connectivity index (χ3n) is 4.27. The van der Waals surface area contributed by atoms with Gasteiger partial charge < -0.3 is 29.9 Å². The molecule has 0 aliphatic carbocycles. The average Bonchev–Trinajstić information content (AvgIpc) is 2.52. The van der Waals surface area contributed by atoms with Crippen LogP contribution in [0.1, 0.15) is 25.8 Å². The first kappa shape index (κ1) is 18.6. The van der Waals surface area contributed by atoms with Crippen LogP contribution < -0.4 is 5.43 Å². The van der Waals surface area contributed by atoms with Crippen LogP contribution in [0.4, 0.5) is 0 Å². The molecular formula is C20H20O7. The minimum Gasteiger partial charge on any atom is -0.508 e. The summed E-state index contributed by atoms with van der Waals surface area (Å²) in [6.45, 7) is 3.20. The lowest BCUT2D eigenvalue weighted by atomic mass is 9.95. The van der Waals surface area contributed by atoms with Crippen molar-refractivity contribution in [1.82, 2.24) is 0 Å². The quantitative estimate of drug-likeness (QED) is 0.476. The summed E-state index contributed by atoms with van der Waals surface area (Å²) in [4.78, 5) is 13.0. The standard InChI is InChI=1S/C20H20O7/c1-20(2,26)6-5-13-18(25)17-15(24)8-11(22)9-16(17)27-19(13)12-4-3-10(21)7-14(12)23/h3-4,7-9,21-24,26H,5-6H2,1-2H3. The molecule has 0 bridgehead atoms. The largest absolute Gasteiger partial charge is 0.508 e. The van der Waals surface area contributed by atoms with Crippen LogP contribution in [0.15, 0.2) is 39.5 Å². The van der Waals surface area contributed by atoms with Gasteiger partial charge in [0, 0.05) is 23.8 Å². The van der Waals surface area contributed by atoms with Gasteiger partial charge in [-0.3, -0.25) is 4.79 Å². The van der Waals surface area contributed by atoms with Gasteiger partial charge in [0.2, 0.25) is 0 Å². The zero-order valence-electron chi connectivity index (χ0n) is 14.9. The molecular weight excluding hydrogens is 352 g/mol. The fourth-order valence-electron chi connectivity index (χ4n) is 2.91. The first-order valence-corrected chi connectivity index (χ1v) is 8.33. The lowest BCUT2D eigenvalue weighted by Gasteiger charge is -2.18. The Labute approximate surface area is 154 Å². The van der Waals surface area contributed by atoms with Crippen molar-refractivity contribution in [3.05, 3.63) is 46.1 Å². The third kappa shape index (κ3) is 3.68. The molecule has 0 aliphatic heterocycles. The van der Waals surface area contributed by atoms with E-state index < -0.39 is 16.8 Å². The Morgan fingerprint density at radius 3 is 2.26 bits per heavy atom. The van der Waals surface area contributed by atoms with Crippen molar-refractivity contribution in [2.75, 3.05) is 0 Å². The fourth-order valence-corrected chi connectivity index (χ4v) is 2.91. The summed E-state index contributed by atoms with van der Waals surface area (Å²) in [7, 11) is 0. The van der Waals surface area contributed by atoms with Crippen molar-refractivity contribution in [2.24, 2.45) is 0 Å². The molecule has 0 aliphatic rings. The van der Waals surface area contributed by atoms with Gasteiger partial charge >= 0.3 is 0 Å². The minimum atomic E-state index is -1.05. The van der Waals surface area contributed by atoms with E-state index in [1.165, 1.54) is 18.2 Å². The Balaban J connectivity index is 2.33. The minimum absolute atomic E-state index is 0.0410. The van der Waals surface area contributed by atoms with Gasteiger partial charge in [-0.05, 0) is 38.8 Å². The molecule has 7 heteroatoms. The van der Waals surface area contributed by atoms with E-state index in [1.54, 1.807) is 13.8 Å². The van der Waals surface area contributed by atoms with E-state index in [0.717, 1.165) is 12.1 Å². The number of aromatic hydroxyl groups is 4. The molecule has 0 saturated heterocycles. The summed E-state index contributed by atoms with van der Waals surface area (Å²) < 4.78 is 5.76. The maximum Gasteiger partial charge on any atom is 0.200 e. The second-order valence-electron chi connectivity index (χ2n) is 7.09. The van der Waals surface area contributed by atoms with Crippen LogP contribution in [0.3, 0.4) is 0 Å². The monoisotopic (exact) mass is 372 g/mol. The van der Waals surface area contributed by atoms with Crippen LogP contribution in [0.25, 0.3) is 22.3 Å². The molecule has 2 aromatic carbocycles. The molecule has 0 unspecified atom stereocenters. The Morgan fingerprint density at radius 1 is 0.963 bits per heavy atom. The summed E-state index contributed by atoms with van der Waals surface area (Å²) in [5.41, 5.74) is -1.30. The lowest BCUT2D eigenvalue weighted by Crippen LogP contribution is -2.22. The highest BCUT2D eigenvalue weighted by molar-refractivity contribution is 5.87. The van der Waals surface area contributed by atoms with Crippen molar-refractivity contribution in [3.8, 4) is 34.3 Å². The van der Waals surface area contributed by atoms with Gasteiger partial charge in [0.05, 0.1) is 11.2 Å². The highest BCUT2D eigenvalue weighted by Crippen LogP contribution is 2.37. The molecule has 1 aromatic heterocycles. The summed E-state index contributed by atoms with van der Waals surface area (Å²) in [6.07, 6.45) is 0.353. The van der Waals surface area contributed by atoms with Crippen LogP contribution in [0.2, 0.25) is 0 Å². The van der Waals surface area contributed by atoms with E-state index in [1.807, 2.05) is 0 Å². The van der Waals surface area contributed by atoms with E-state index >= 15 is 0 Å². The molecule has 27 heavy (non-hydrogen) atoms. The molecule has 3 aromatic rings. The van der Waals surface area contributed by atoms with Gasteiger partial charge in [-0.2, -0.15) is 0 Å². The third-order valence-corrected chi connectivity index (χ3v) is 4.27. The van der Waals surface area contributed by atoms with E-state index in [0.29, 0.717) is 0 Å². The SMILES string of the molecule is CC(C)(O)CCc1c(-c2ccc(O)cc2O)oc2cc(O)cc(O)c2c1=O. The van der Waals surface area contributed by atoms with Gasteiger partial charge in [-0.15, -0.1) is 0 Å². The second-order valence-corrected chi connectivity index (χ2v) is 7.09. The number of hydrogen-bond donors (Lipinski definition) is 5. The van der Waals surface area contributed by atoms with Crippen molar-refractivity contribution < 1.29 is 29.9 Å². The van der Waals surface area contributed by atoms with Crippen LogP contribution in [-0.4, -0.2) is 31.1 Å². The molecule has 0 radical (unpaired) electrons. The second kappa shape index (κ2) is 6.51. The first-order chi connectivity index (χ1) is 12.6. The lowest BCUT2D eigenvalue weighted by molar-refractivity contribution is 0.0713.